The molecule has 0 fully saturated rings. The molecule has 0 aromatic heterocycles. The molecule has 6 nitrogen and oxygen atoms in total. The van der Waals surface area contributed by atoms with E-state index in [0.29, 0.717) is 22.4 Å². The SMILES string of the molecule is CS(=O)(=O)c1c(Br)ccc(-c2ccc(CN)cc2)c1C1=NCN=N1. The van der Waals surface area contributed by atoms with E-state index in [1.807, 2.05) is 30.3 Å². The highest BCUT2D eigenvalue weighted by atomic mass is 79.9. The van der Waals surface area contributed by atoms with Crippen molar-refractivity contribution in [3.8, 4) is 11.1 Å². The van der Waals surface area contributed by atoms with Gasteiger partial charge < -0.3 is 5.73 Å². The molecule has 8 heteroatoms. The first-order chi connectivity index (χ1) is 11.4. The molecular weight excluding hydrogens is 392 g/mol. The maximum absolute atomic E-state index is 12.3. The molecule has 3 rings (SSSR count). The third-order valence-corrected chi connectivity index (χ3v) is 5.74. The lowest BCUT2D eigenvalue weighted by Crippen LogP contribution is -2.10. The van der Waals surface area contributed by atoms with Gasteiger partial charge in [0.1, 0.15) is 0 Å². The normalized spacial score (nSPS) is 14.0. The highest BCUT2D eigenvalue weighted by Crippen LogP contribution is 2.35. The lowest BCUT2D eigenvalue weighted by molar-refractivity contribution is 0.601. The summed E-state index contributed by atoms with van der Waals surface area (Å²) in [7, 11) is -3.49. The highest BCUT2D eigenvalue weighted by Gasteiger charge is 2.25. The first kappa shape index (κ1) is 16.9. The van der Waals surface area contributed by atoms with Crippen molar-refractivity contribution in [1.82, 2.24) is 0 Å². The number of nitrogens with zero attached hydrogens (tertiary/aromatic N) is 3. The molecule has 0 unspecified atom stereocenters. The van der Waals surface area contributed by atoms with Gasteiger partial charge in [0.2, 0.25) is 0 Å². The second kappa shape index (κ2) is 6.54. The molecule has 2 aromatic carbocycles. The van der Waals surface area contributed by atoms with E-state index in [9.17, 15) is 8.42 Å². The lowest BCUT2D eigenvalue weighted by Gasteiger charge is -2.14. The number of rotatable bonds is 4. The number of azo groups is 1. The quantitative estimate of drug-likeness (QED) is 0.843. The van der Waals surface area contributed by atoms with E-state index in [1.54, 1.807) is 6.07 Å². The van der Waals surface area contributed by atoms with Crippen molar-refractivity contribution in [2.45, 2.75) is 11.4 Å². The van der Waals surface area contributed by atoms with Crippen LogP contribution < -0.4 is 5.73 Å². The minimum absolute atomic E-state index is 0.169. The number of sulfone groups is 1. The van der Waals surface area contributed by atoms with Crippen LogP contribution in [0.5, 0.6) is 0 Å². The molecule has 24 heavy (non-hydrogen) atoms. The van der Waals surface area contributed by atoms with Gasteiger partial charge >= 0.3 is 0 Å². The lowest BCUT2D eigenvalue weighted by atomic mass is 9.98. The molecule has 0 saturated carbocycles. The second-order valence-electron chi connectivity index (χ2n) is 5.34. The minimum atomic E-state index is -3.49. The molecular formula is C16H15BrN4O2S. The van der Waals surface area contributed by atoms with Crippen LogP contribution in [0.15, 0.2) is 61.0 Å². The van der Waals surface area contributed by atoms with E-state index in [-0.39, 0.29) is 11.6 Å². The van der Waals surface area contributed by atoms with Crippen molar-refractivity contribution in [2.75, 3.05) is 12.9 Å². The molecule has 0 saturated heterocycles. The van der Waals surface area contributed by atoms with Crippen LogP contribution in [0.4, 0.5) is 0 Å². The highest BCUT2D eigenvalue weighted by molar-refractivity contribution is 9.10. The molecule has 0 aliphatic carbocycles. The van der Waals surface area contributed by atoms with Gasteiger partial charge in [0, 0.05) is 22.8 Å². The van der Waals surface area contributed by atoms with Gasteiger partial charge in [0.05, 0.1) is 4.90 Å². The average molecular weight is 407 g/mol. The summed E-state index contributed by atoms with van der Waals surface area (Å²) in [4.78, 5) is 4.39. The fourth-order valence-electron chi connectivity index (χ4n) is 2.56. The number of hydrogen-bond donors (Lipinski definition) is 1. The Kier molecular flexibility index (Phi) is 4.62. The summed E-state index contributed by atoms with van der Waals surface area (Å²) in [6.45, 7) is 0.652. The van der Waals surface area contributed by atoms with Gasteiger partial charge in [-0.25, -0.2) is 13.4 Å². The Morgan fingerprint density at radius 2 is 1.88 bits per heavy atom. The van der Waals surface area contributed by atoms with Crippen LogP contribution in [0.1, 0.15) is 11.1 Å². The Morgan fingerprint density at radius 1 is 1.17 bits per heavy atom. The Labute approximate surface area is 148 Å². The van der Waals surface area contributed by atoms with E-state index in [4.69, 9.17) is 5.73 Å². The van der Waals surface area contributed by atoms with Gasteiger partial charge in [-0.05, 0) is 38.7 Å². The van der Waals surface area contributed by atoms with Crippen molar-refractivity contribution in [1.29, 1.82) is 0 Å². The second-order valence-corrected chi connectivity index (χ2v) is 8.14. The maximum atomic E-state index is 12.3. The zero-order chi connectivity index (χ0) is 17.3. The van der Waals surface area contributed by atoms with E-state index >= 15 is 0 Å². The molecule has 0 atom stereocenters. The van der Waals surface area contributed by atoms with Crippen molar-refractivity contribution in [3.05, 3.63) is 52.0 Å². The number of nitrogens with two attached hydrogens (primary N) is 1. The van der Waals surface area contributed by atoms with Crippen LogP contribution in [0, 0.1) is 0 Å². The monoisotopic (exact) mass is 406 g/mol. The first-order valence-corrected chi connectivity index (χ1v) is 9.84. The summed E-state index contributed by atoms with van der Waals surface area (Å²) in [5, 5.41) is 7.86. The Bertz CT molecular complexity index is 951. The molecule has 1 heterocycles. The molecule has 1 aliphatic rings. The number of benzene rings is 2. The van der Waals surface area contributed by atoms with Crippen LogP contribution in [-0.4, -0.2) is 27.2 Å². The molecule has 1 aliphatic heterocycles. The average Bonchev–Trinajstić information content (AvgIpc) is 3.07. The van der Waals surface area contributed by atoms with Crippen molar-refractivity contribution in [2.24, 2.45) is 21.0 Å². The predicted molar refractivity (Wildman–Crippen MR) is 96.8 cm³/mol. The summed E-state index contributed by atoms with van der Waals surface area (Å²) < 4.78 is 25.2. The van der Waals surface area contributed by atoms with E-state index in [1.165, 1.54) is 6.26 Å². The summed E-state index contributed by atoms with van der Waals surface area (Å²) >= 11 is 3.34. The summed E-state index contributed by atoms with van der Waals surface area (Å²) in [6.07, 6.45) is 1.17. The van der Waals surface area contributed by atoms with Gasteiger partial charge in [-0.2, -0.15) is 5.11 Å². The summed E-state index contributed by atoms with van der Waals surface area (Å²) in [5.41, 5.74) is 8.71. The third-order valence-electron chi connectivity index (χ3n) is 3.65. The van der Waals surface area contributed by atoms with Crippen LogP contribution in [-0.2, 0) is 16.4 Å². The van der Waals surface area contributed by atoms with E-state index in [2.05, 4.69) is 31.2 Å². The van der Waals surface area contributed by atoms with Crippen molar-refractivity contribution < 1.29 is 8.42 Å². The van der Waals surface area contributed by atoms with Crippen LogP contribution in [0.25, 0.3) is 11.1 Å². The standard InChI is InChI=1S/C16H15BrN4O2S/c1-24(22,23)15-13(17)7-6-12(14(15)16-19-9-20-21-16)11-4-2-10(8-18)3-5-11/h2-7H,8-9,18H2,1H3. The summed E-state index contributed by atoms with van der Waals surface area (Å²) in [6, 6.07) is 11.2. The number of aliphatic imine (C=N–C) groups is 1. The van der Waals surface area contributed by atoms with Gasteiger partial charge in [-0.15, -0.1) is 5.11 Å². The van der Waals surface area contributed by atoms with Crippen LogP contribution in [0.2, 0.25) is 0 Å². The van der Waals surface area contributed by atoms with Crippen LogP contribution >= 0.6 is 15.9 Å². The van der Waals surface area contributed by atoms with Gasteiger partial charge in [-0.3, -0.25) is 0 Å². The summed E-state index contributed by atoms with van der Waals surface area (Å²) in [5.74, 6) is 0.328. The molecule has 124 valence electrons. The topological polar surface area (TPSA) is 97.2 Å². The molecule has 0 radical (unpaired) electrons. The van der Waals surface area contributed by atoms with Crippen molar-refractivity contribution in [3.63, 3.8) is 0 Å². The Balaban J connectivity index is 2.31. The maximum Gasteiger partial charge on any atom is 0.180 e. The number of hydrogen-bond acceptors (Lipinski definition) is 6. The molecule has 0 bridgehead atoms. The van der Waals surface area contributed by atoms with E-state index < -0.39 is 9.84 Å². The fraction of sp³-hybridized carbons (Fsp3) is 0.188. The molecule has 0 spiro atoms. The zero-order valence-corrected chi connectivity index (χ0v) is 15.3. The molecule has 0 amide bonds. The number of halogens is 1. The van der Waals surface area contributed by atoms with Crippen molar-refractivity contribution >= 4 is 31.6 Å². The van der Waals surface area contributed by atoms with Gasteiger partial charge in [-0.1, -0.05) is 30.3 Å². The Morgan fingerprint density at radius 3 is 2.42 bits per heavy atom. The zero-order valence-electron chi connectivity index (χ0n) is 12.9. The molecule has 2 N–H and O–H groups in total. The Hall–Kier alpha value is -1.90. The predicted octanol–water partition coefficient (Wildman–Crippen LogP) is 3.15. The largest absolute Gasteiger partial charge is 0.326 e. The van der Waals surface area contributed by atoms with Gasteiger partial charge in [0.15, 0.2) is 22.3 Å². The smallest absolute Gasteiger partial charge is 0.180 e. The third kappa shape index (κ3) is 3.17. The minimum Gasteiger partial charge on any atom is -0.326 e. The fourth-order valence-corrected chi connectivity index (χ4v) is 4.77. The first-order valence-electron chi connectivity index (χ1n) is 7.16. The number of amidine groups is 1. The van der Waals surface area contributed by atoms with Crippen LogP contribution in [0.3, 0.4) is 0 Å². The van der Waals surface area contributed by atoms with Gasteiger partial charge in [0.25, 0.3) is 0 Å². The van der Waals surface area contributed by atoms with E-state index in [0.717, 1.165) is 16.7 Å². The molecule has 2 aromatic rings.